The van der Waals surface area contributed by atoms with E-state index in [0.717, 1.165) is 12.0 Å². The first kappa shape index (κ1) is 25.5. The molecule has 0 saturated heterocycles. The number of likely N-dealkylation sites (N-methyl/N-ethyl adjacent to an activating group) is 1. The molecule has 5 rings (SSSR count). The lowest BCUT2D eigenvalue weighted by atomic mass is 10.0. The smallest absolute Gasteiger partial charge is 0.261 e. The number of terminal acetylenes is 1. The van der Waals surface area contributed by atoms with Crippen molar-refractivity contribution < 1.29 is 14.3 Å². The molecule has 1 fully saturated rings. The third-order valence-electron chi connectivity index (χ3n) is 6.28. The lowest BCUT2D eigenvalue weighted by Gasteiger charge is -2.16. The number of ether oxygens (including phenoxy) is 1. The number of aromatic nitrogens is 5. The van der Waals surface area contributed by atoms with Crippen molar-refractivity contribution in [1.29, 1.82) is 0 Å². The second-order valence-corrected chi connectivity index (χ2v) is 9.89. The second-order valence-electron chi connectivity index (χ2n) is 9.23. The third kappa shape index (κ3) is 5.13. The molecule has 3 unspecified atom stereocenters. The van der Waals surface area contributed by atoms with Crippen molar-refractivity contribution in [3.63, 3.8) is 0 Å². The fourth-order valence-corrected chi connectivity index (χ4v) is 4.36. The molecule has 0 aliphatic heterocycles. The summed E-state index contributed by atoms with van der Waals surface area (Å²) >= 11 is 0. The van der Waals surface area contributed by atoms with Gasteiger partial charge < -0.3 is 15.0 Å². The van der Waals surface area contributed by atoms with Crippen LogP contribution >= 0.6 is 9.24 Å². The van der Waals surface area contributed by atoms with E-state index in [2.05, 4.69) is 35.7 Å². The summed E-state index contributed by atoms with van der Waals surface area (Å²) in [5, 5.41) is 11.8. The van der Waals surface area contributed by atoms with Crippen molar-refractivity contribution in [2.75, 3.05) is 19.4 Å². The fraction of sp³-hybridized carbons (Fsp3) is 0.269. The number of carbonyl (C=O) groups is 2. The van der Waals surface area contributed by atoms with Crippen LogP contribution in [0.1, 0.15) is 28.3 Å². The molecule has 10 nitrogen and oxygen atoms in total. The highest BCUT2D eigenvalue weighted by atomic mass is 31.0. The Labute approximate surface area is 223 Å². The van der Waals surface area contributed by atoms with Crippen molar-refractivity contribution >= 4 is 40.2 Å². The molecule has 4 atom stereocenters. The van der Waals surface area contributed by atoms with E-state index in [9.17, 15) is 9.59 Å². The van der Waals surface area contributed by atoms with Crippen molar-refractivity contribution in [3.05, 3.63) is 60.2 Å². The van der Waals surface area contributed by atoms with Gasteiger partial charge in [0.2, 0.25) is 5.91 Å². The van der Waals surface area contributed by atoms with E-state index in [-0.39, 0.29) is 24.3 Å². The molecule has 190 valence electrons. The first-order valence-corrected chi connectivity index (χ1v) is 12.6. The first-order chi connectivity index (χ1) is 18.2. The molecule has 1 N–H and O–H groups in total. The summed E-state index contributed by atoms with van der Waals surface area (Å²) in [6, 6.07) is 7.47. The van der Waals surface area contributed by atoms with E-state index >= 15 is 0 Å². The van der Waals surface area contributed by atoms with E-state index in [1.165, 1.54) is 20.3 Å². The molecule has 2 amide bonds. The number of fused-ring (bicyclic) bond motifs is 1. The van der Waals surface area contributed by atoms with E-state index in [4.69, 9.17) is 19.0 Å². The lowest BCUT2D eigenvalue weighted by Crippen LogP contribution is -2.26. The number of anilines is 1. The molecule has 0 spiro atoms. The van der Waals surface area contributed by atoms with E-state index in [0.29, 0.717) is 33.9 Å². The van der Waals surface area contributed by atoms with Gasteiger partial charge in [-0.15, -0.1) is 21.6 Å². The highest BCUT2D eigenvalue weighted by molar-refractivity contribution is 7.20. The maximum absolute atomic E-state index is 13.3. The van der Waals surface area contributed by atoms with Gasteiger partial charge in [-0.05, 0) is 36.1 Å². The molecule has 4 aromatic rings. The molecule has 12 heteroatoms. The lowest BCUT2D eigenvalue weighted by molar-refractivity contribution is -0.129. The zero-order valence-electron chi connectivity index (χ0n) is 20.9. The van der Waals surface area contributed by atoms with Gasteiger partial charge in [0.25, 0.3) is 5.91 Å². The molecule has 1 aliphatic rings. The monoisotopic (exact) mass is 525 g/mol. The fourth-order valence-electron chi connectivity index (χ4n) is 4.21. The average Bonchev–Trinajstić information content (AvgIpc) is 3.39. The van der Waals surface area contributed by atoms with Gasteiger partial charge in [0.05, 0.1) is 17.6 Å². The number of hydrogen-bond donors (Lipinski definition) is 1. The van der Waals surface area contributed by atoms with Crippen LogP contribution < -0.4 is 10.1 Å². The van der Waals surface area contributed by atoms with Crippen LogP contribution in [-0.2, 0) is 11.3 Å². The van der Waals surface area contributed by atoms with Gasteiger partial charge in [0.1, 0.15) is 31.4 Å². The van der Waals surface area contributed by atoms with Gasteiger partial charge >= 0.3 is 0 Å². The Morgan fingerprint density at radius 2 is 2.21 bits per heavy atom. The topological polar surface area (TPSA) is 107 Å². The minimum absolute atomic E-state index is 0.0189. The molecule has 1 aliphatic carbocycles. The predicted octanol–water partition coefficient (Wildman–Crippen LogP) is 2.38. The first-order valence-electron chi connectivity index (χ1n) is 11.9. The van der Waals surface area contributed by atoms with Crippen LogP contribution in [0.5, 0.6) is 5.75 Å². The maximum Gasteiger partial charge on any atom is 0.261 e. The van der Waals surface area contributed by atoms with E-state index < -0.39 is 11.7 Å². The summed E-state index contributed by atoms with van der Waals surface area (Å²) in [7, 11) is 11.6. The molecule has 1 aromatic carbocycles. The largest absolute Gasteiger partial charge is 0.496 e. The molecular formula is C26H25BN7O3P. The van der Waals surface area contributed by atoms with Crippen LogP contribution in [0, 0.1) is 18.3 Å². The van der Waals surface area contributed by atoms with Crippen LogP contribution in [0.2, 0.25) is 0 Å². The molecule has 3 aromatic heterocycles. The molecule has 3 heterocycles. The maximum atomic E-state index is 13.3. The number of rotatable bonds is 8. The van der Waals surface area contributed by atoms with E-state index in [1.807, 2.05) is 18.2 Å². The van der Waals surface area contributed by atoms with Crippen LogP contribution in [0.4, 0.5) is 5.69 Å². The zero-order chi connectivity index (χ0) is 27.0. The van der Waals surface area contributed by atoms with Gasteiger partial charge in [0, 0.05) is 44.2 Å². The summed E-state index contributed by atoms with van der Waals surface area (Å²) < 4.78 is 8.87. The number of nitrogens with one attached hydrogen (secondary N) is 1. The zero-order valence-corrected chi connectivity index (χ0v) is 22.1. The summed E-state index contributed by atoms with van der Waals surface area (Å²) in [5.74, 6) is 2.45. The Kier molecular flexibility index (Phi) is 6.92. The SMILES string of the molecule is [B]C(P)Oc1ccc([C@@H]2CC2C#C)cc1-c1nn(CC(=O)N(C)C)cc1NC(=O)c1cnn2cccnc12. The summed E-state index contributed by atoms with van der Waals surface area (Å²) in [6.45, 7) is -0.0189. The van der Waals surface area contributed by atoms with Gasteiger partial charge in [-0.3, -0.25) is 14.3 Å². The Bertz CT molecular complexity index is 1570. The minimum atomic E-state index is -0.667. The average molecular weight is 525 g/mol. The van der Waals surface area contributed by atoms with E-state index in [1.54, 1.807) is 38.8 Å². The molecule has 0 bridgehead atoms. The Hall–Kier alpha value is -4.16. The number of nitrogens with zero attached hydrogens (tertiary/aromatic N) is 6. The Balaban J connectivity index is 1.58. The van der Waals surface area contributed by atoms with Crippen LogP contribution in [0.3, 0.4) is 0 Å². The number of benzene rings is 1. The number of amides is 2. The van der Waals surface area contributed by atoms with Crippen molar-refractivity contribution in [1.82, 2.24) is 29.3 Å². The van der Waals surface area contributed by atoms with Crippen molar-refractivity contribution in [2.24, 2.45) is 5.92 Å². The van der Waals surface area contributed by atoms with Crippen LogP contribution in [0.15, 0.2) is 49.1 Å². The highest BCUT2D eigenvalue weighted by Crippen LogP contribution is 2.49. The molecule has 2 radical (unpaired) electrons. The highest BCUT2D eigenvalue weighted by Gasteiger charge is 2.37. The predicted molar refractivity (Wildman–Crippen MR) is 147 cm³/mol. The minimum Gasteiger partial charge on any atom is -0.496 e. The number of carbonyl (C=O) groups excluding carboxylic acids is 2. The van der Waals surface area contributed by atoms with Gasteiger partial charge in [-0.1, -0.05) is 6.07 Å². The molecule has 38 heavy (non-hydrogen) atoms. The quantitative estimate of drug-likeness (QED) is 0.215. The number of hydrogen-bond acceptors (Lipinski definition) is 6. The van der Waals surface area contributed by atoms with Crippen LogP contribution in [-0.4, -0.2) is 68.8 Å². The standard InChI is InChI=1S/C26H25BN7O3P/c1-4-15-10-17(15)16-6-7-21(37-26(27)38)18(11-16)23-20(13-33(31-23)14-22(35)32(2)3)30-25(36)19-12-29-34-9-5-8-28-24(19)34/h1,5-9,11-13,15,17,26H,10,14,38H2,2-3H3,(H,30,36)/t15?,17-,26?/m1/s1. The second kappa shape index (κ2) is 10.3. The van der Waals surface area contributed by atoms with Crippen molar-refractivity contribution in [3.8, 4) is 29.4 Å². The van der Waals surface area contributed by atoms with Gasteiger partial charge in [-0.2, -0.15) is 10.2 Å². The molecule has 1 saturated carbocycles. The van der Waals surface area contributed by atoms with Crippen LogP contribution in [0.25, 0.3) is 16.9 Å². The molecular weight excluding hydrogens is 500 g/mol. The van der Waals surface area contributed by atoms with Gasteiger partial charge in [0.15, 0.2) is 5.65 Å². The van der Waals surface area contributed by atoms with Gasteiger partial charge in [-0.25, -0.2) is 9.50 Å². The Morgan fingerprint density at radius 3 is 2.92 bits per heavy atom. The third-order valence-corrected chi connectivity index (χ3v) is 6.42. The Morgan fingerprint density at radius 1 is 1.39 bits per heavy atom. The summed E-state index contributed by atoms with van der Waals surface area (Å²) in [5.41, 5.74) is 3.18. The van der Waals surface area contributed by atoms with Crippen molar-refractivity contribution in [2.45, 2.75) is 24.6 Å². The summed E-state index contributed by atoms with van der Waals surface area (Å²) in [4.78, 5) is 31.5. The summed E-state index contributed by atoms with van der Waals surface area (Å²) in [6.07, 6.45) is 12.9. The normalized spacial score (nSPS) is 17.0.